The van der Waals surface area contributed by atoms with E-state index in [2.05, 4.69) is 6.58 Å². The fraction of sp³-hybridized carbons (Fsp3) is 0.308. The summed E-state index contributed by atoms with van der Waals surface area (Å²) in [5.41, 5.74) is 1.25. The molecule has 1 heterocycles. The summed E-state index contributed by atoms with van der Waals surface area (Å²) >= 11 is 0. The first-order valence-corrected chi connectivity index (χ1v) is 5.71. The van der Waals surface area contributed by atoms with E-state index in [9.17, 15) is 14.9 Å². The molecule has 0 bridgehead atoms. The minimum Gasteiger partial charge on any atom is -0.306 e. The molecule has 5 nitrogen and oxygen atoms in total. The molecule has 18 heavy (non-hydrogen) atoms. The van der Waals surface area contributed by atoms with Gasteiger partial charge in [-0.05, 0) is 18.6 Å². The molecule has 0 spiro atoms. The van der Waals surface area contributed by atoms with Crippen molar-refractivity contribution in [1.82, 2.24) is 0 Å². The lowest BCUT2D eigenvalue weighted by molar-refractivity contribution is -0.384. The average Bonchev–Trinajstić information content (AvgIpc) is 2.70. The van der Waals surface area contributed by atoms with Gasteiger partial charge in [0, 0.05) is 24.9 Å². The van der Waals surface area contributed by atoms with E-state index in [0.717, 1.165) is 5.56 Å². The van der Waals surface area contributed by atoms with Crippen molar-refractivity contribution in [2.24, 2.45) is 5.92 Å². The highest BCUT2D eigenvalue weighted by Gasteiger charge is 2.32. The highest BCUT2D eigenvalue weighted by Crippen LogP contribution is 2.33. The Morgan fingerprint density at radius 2 is 2.28 bits per heavy atom. The smallest absolute Gasteiger partial charge is 0.292 e. The first kappa shape index (κ1) is 12.3. The van der Waals surface area contributed by atoms with Crippen molar-refractivity contribution >= 4 is 17.3 Å². The molecule has 0 radical (unpaired) electrons. The molecule has 1 fully saturated rings. The number of benzene rings is 1. The van der Waals surface area contributed by atoms with E-state index in [1.807, 2.05) is 6.92 Å². The number of amides is 1. The van der Waals surface area contributed by atoms with Crippen LogP contribution >= 0.6 is 0 Å². The number of hydrogen-bond acceptors (Lipinski definition) is 3. The van der Waals surface area contributed by atoms with Crippen LogP contribution in [0.1, 0.15) is 12.0 Å². The summed E-state index contributed by atoms with van der Waals surface area (Å²) in [5.74, 6) is -0.0220. The largest absolute Gasteiger partial charge is 0.306 e. The van der Waals surface area contributed by atoms with Gasteiger partial charge in [0.15, 0.2) is 0 Å². The molecule has 0 aromatic heterocycles. The van der Waals surface area contributed by atoms with Gasteiger partial charge in [-0.25, -0.2) is 0 Å². The van der Waals surface area contributed by atoms with Crippen molar-refractivity contribution in [3.8, 4) is 0 Å². The Hall–Kier alpha value is -2.17. The molecular formula is C13H14N2O3. The molecule has 2 rings (SSSR count). The minimum atomic E-state index is -0.455. The minimum absolute atomic E-state index is 0.0290. The standard InChI is InChI=1S/C13H14N2O3/c1-3-10-7-13(16)14(8-10)12-6-9(2)4-5-11(12)15(17)18/h3-6,10H,1,7-8H2,2H3. The molecule has 1 aliphatic heterocycles. The van der Waals surface area contributed by atoms with Gasteiger partial charge in [-0.3, -0.25) is 14.9 Å². The maximum atomic E-state index is 11.9. The quantitative estimate of drug-likeness (QED) is 0.467. The molecule has 1 aromatic carbocycles. The Kier molecular flexibility index (Phi) is 3.14. The molecule has 0 aliphatic carbocycles. The normalized spacial score (nSPS) is 19.1. The maximum absolute atomic E-state index is 11.9. The molecule has 94 valence electrons. The molecule has 5 heteroatoms. The second-order valence-electron chi connectivity index (χ2n) is 4.45. The van der Waals surface area contributed by atoms with Crippen LogP contribution in [0.25, 0.3) is 0 Å². The van der Waals surface area contributed by atoms with E-state index in [-0.39, 0.29) is 17.5 Å². The molecule has 1 unspecified atom stereocenters. The van der Waals surface area contributed by atoms with Gasteiger partial charge in [0.1, 0.15) is 5.69 Å². The number of carbonyl (C=O) groups is 1. The molecule has 1 aliphatic rings. The summed E-state index contributed by atoms with van der Waals surface area (Å²) in [6.45, 7) is 5.98. The predicted octanol–water partition coefficient (Wildman–Crippen LogP) is 2.44. The zero-order chi connectivity index (χ0) is 13.3. The van der Waals surface area contributed by atoms with Crippen molar-refractivity contribution in [2.75, 3.05) is 11.4 Å². The monoisotopic (exact) mass is 246 g/mol. The van der Waals surface area contributed by atoms with Gasteiger partial charge in [0.05, 0.1) is 4.92 Å². The molecule has 1 aromatic rings. The number of aryl methyl sites for hydroxylation is 1. The van der Waals surface area contributed by atoms with Gasteiger partial charge in [-0.2, -0.15) is 0 Å². The third-order valence-electron chi connectivity index (χ3n) is 3.11. The van der Waals surface area contributed by atoms with Gasteiger partial charge in [0.2, 0.25) is 5.91 Å². The topological polar surface area (TPSA) is 63.5 Å². The Bertz CT molecular complexity index is 525. The number of rotatable bonds is 3. The van der Waals surface area contributed by atoms with Gasteiger partial charge in [-0.1, -0.05) is 12.1 Å². The van der Waals surface area contributed by atoms with Crippen LogP contribution in [0, 0.1) is 23.0 Å². The Labute approximate surface area is 105 Å². The summed E-state index contributed by atoms with van der Waals surface area (Å²) in [6, 6.07) is 4.80. The lowest BCUT2D eigenvalue weighted by atomic mass is 10.1. The SMILES string of the molecule is C=CC1CC(=O)N(c2cc(C)ccc2[N+](=O)[O-])C1. The number of nitro benzene ring substituents is 1. The zero-order valence-corrected chi connectivity index (χ0v) is 10.1. The van der Waals surface area contributed by atoms with Crippen LogP contribution in [0.5, 0.6) is 0 Å². The van der Waals surface area contributed by atoms with E-state index in [1.165, 1.54) is 11.0 Å². The van der Waals surface area contributed by atoms with E-state index >= 15 is 0 Å². The number of nitrogens with zero attached hydrogens (tertiary/aromatic N) is 2. The predicted molar refractivity (Wildman–Crippen MR) is 68.5 cm³/mol. The van der Waals surface area contributed by atoms with Gasteiger partial charge < -0.3 is 4.90 Å². The van der Waals surface area contributed by atoms with E-state index in [4.69, 9.17) is 0 Å². The Balaban J connectivity index is 2.44. The zero-order valence-electron chi connectivity index (χ0n) is 10.1. The highest BCUT2D eigenvalue weighted by molar-refractivity contribution is 5.98. The summed E-state index contributed by atoms with van der Waals surface area (Å²) in [6.07, 6.45) is 2.09. The summed E-state index contributed by atoms with van der Waals surface area (Å²) in [4.78, 5) is 23.9. The maximum Gasteiger partial charge on any atom is 0.292 e. The van der Waals surface area contributed by atoms with Crippen molar-refractivity contribution in [3.63, 3.8) is 0 Å². The molecule has 1 amide bonds. The molecule has 0 N–H and O–H groups in total. The van der Waals surface area contributed by atoms with Crippen molar-refractivity contribution in [2.45, 2.75) is 13.3 Å². The van der Waals surface area contributed by atoms with Crippen LogP contribution < -0.4 is 4.90 Å². The van der Waals surface area contributed by atoms with Crippen molar-refractivity contribution in [1.29, 1.82) is 0 Å². The number of nitro groups is 1. The van der Waals surface area contributed by atoms with Crippen molar-refractivity contribution < 1.29 is 9.72 Å². The fourth-order valence-corrected chi connectivity index (χ4v) is 2.13. The van der Waals surface area contributed by atoms with E-state index in [1.54, 1.807) is 18.2 Å². The molecular weight excluding hydrogens is 232 g/mol. The number of carbonyl (C=O) groups excluding carboxylic acids is 1. The van der Waals surface area contributed by atoms with Crippen LogP contribution in [0.4, 0.5) is 11.4 Å². The summed E-state index contributed by atoms with van der Waals surface area (Å²) in [7, 11) is 0. The van der Waals surface area contributed by atoms with Crippen LogP contribution in [-0.2, 0) is 4.79 Å². The molecule has 0 saturated carbocycles. The third kappa shape index (κ3) is 2.11. The highest BCUT2D eigenvalue weighted by atomic mass is 16.6. The first-order chi connectivity index (χ1) is 8.52. The molecule has 1 saturated heterocycles. The average molecular weight is 246 g/mol. The van der Waals surface area contributed by atoms with Crippen molar-refractivity contribution in [3.05, 3.63) is 46.5 Å². The van der Waals surface area contributed by atoms with E-state index < -0.39 is 4.92 Å². The van der Waals surface area contributed by atoms with Crippen LogP contribution in [-0.4, -0.2) is 17.4 Å². The Morgan fingerprint density at radius 1 is 1.56 bits per heavy atom. The van der Waals surface area contributed by atoms with Gasteiger partial charge in [-0.15, -0.1) is 6.58 Å². The second kappa shape index (κ2) is 4.60. The lowest BCUT2D eigenvalue weighted by Gasteiger charge is -2.16. The van der Waals surface area contributed by atoms with Gasteiger partial charge >= 0.3 is 0 Å². The number of hydrogen-bond donors (Lipinski definition) is 0. The summed E-state index contributed by atoms with van der Waals surface area (Å²) in [5, 5.41) is 11.0. The lowest BCUT2D eigenvalue weighted by Crippen LogP contribution is -2.25. The fourth-order valence-electron chi connectivity index (χ4n) is 2.13. The van der Waals surface area contributed by atoms with Crippen LogP contribution in [0.15, 0.2) is 30.9 Å². The molecule has 1 atom stereocenters. The first-order valence-electron chi connectivity index (χ1n) is 5.71. The van der Waals surface area contributed by atoms with Crippen LogP contribution in [0.2, 0.25) is 0 Å². The Morgan fingerprint density at radius 3 is 2.83 bits per heavy atom. The third-order valence-corrected chi connectivity index (χ3v) is 3.11. The second-order valence-corrected chi connectivity index (χ2v) is 4.45. The van der Waals surface area contributed by atoms with E-state index in [0.29, 0.717) is 18.7 Å². The number of anilines is 1. The van der Waals surface area contributed by atoms with Crippen LogP contribution in [0.3, 0.4) is 0 Å². The van der Waals surface area contributed by atoms with Gasteiger partial charge in [0.25, 0.3) is 5.69 Å². The summed E-state index contributed by atoms with van der Waals surface area (Å²) < 4.78 is 0.